The lowest BCUT2D eigenvalue weighted by atomic mass is 9.80. The van der Waals surface area contributed by atoms with Crippen LogP contribution in [0.25, 0.3) is 0 Å². The van der Waals surface area contributed by atoms with E-state index < -0.39 is 23.8 Å². The number of hydrogen-bond acceptors (Lipinski definition) is 6. The van der Waals surface area contributed by atoms with Crippen molar-refractivity contribution in [3.05, 3.63) is 66.2 Å². The summed E-state index contributed by atoms with van der Waals surface area (Å²) in [5.74, 6) is 0.210. The fourth-order valence-electron chi connectivity index (χ4n) is 4.41. The highest BCUT2D eigenvalue weighted by molar-refractivity contribution is 6.01. The van der Waals surface area contributed by atoms with Gasteiger partial charge in [0.15, 0.2) is 5.78 Å². The molecule has 8 nitrogen and oxygen atoms in total. The number of carbonyl (C=O) groups is 3. The molecule has 166 valence electrons. The molecule has 3 fully saturated rings. The summed E-state index contributed by atoms with van der Waals surface area (Å²) in [5.41, 5.74) is -0.247. The van der Waals surface area contributed by atoms with E-state index in [-0.39, 0.29) is 31.4 Å². The van der Waals surface area contributed by atoms with Crippen molar-refractivity contribution < 1.29 is 28.7 Å². The highest BCUT2D eigenvalue weighted by Crippen LogP contribution is 2.38. The van der Waals surface area contributed by atoms with Crippen molar-refractivity contribution in [2.75, 3.05) is 19.8 Å². The van der Waals surface area contributed by atoms with Crippen LogP contribution in [0.2, 0.25) is 0 Å². The summed E-state index contributed by atoms with van der Waals surface area (Å²) in [6.07, 6.45) is 1.58. The first kappa shape index (κ1) is 20.5. The number of para-hydroxylation sites is 1. The first-order chi connectivity index (χ1) is 15.6. The Balaban J connectivity index is 1.25. The molecule has 0 bridgehead atoms. The predicted molar refractivity (Wildman–Crippen MR) is 113 cm³/mol. The molecular formula is C24H24N2O6. The second-order valence-corrected chi connectivity index (χ2v) is 8.41. The van der Waals surface area contributed by atoms with Gasteiger partial charge in [0.25, 0.3) is 5.91 Å². The van der Waals surface area contributed by atoms with Crippen LogP contribution in [0, 0.1) is 0 Å². The van der Waals surface area contributed by atoms with Gasteiger partial charge in [-0.1, -0.05) is 36.4 Å². The van der Waals surface area contributed by atoms with E-state index >= 15 is 0 Å². The van der Waals surface area contributed by atoms with Crippen molar-refractivity contribution >= 4 is 17.8 Å². The van der Waals surface area contributed by atoms with E-state index in [1.807, 2.05) is 36.4 Å². The Kier molecular flexibility index (Phi) is 5.30. The zero-order chi connectivity index (χ0) is 22.1. The number of nitrogens with zero attached hydrogens (tertiary/aromatic N) is 2. The highest BCUT2D eigenvalue weighted by atomic mass is 16.7. The van der Waals surface area contributed by atoms with Gasteiger partial charge in [-0.05, 0) is 43.5 Å². The molecule has 0 N–H and O–H groups in total. The summed E-state index contributed by atoms with van der Waals surface area (Å²) >= 11 is 0. The number of benzene rings is 2. The number of Topliss-reactive ketones (excluding diaryl/α,β-unsaturated/α-hetero) is 1. The second-order valence-electron chi connectivity index (χ2n) is 8.41. The maximum atomic E-state index is 13.0. The minimum Gasteiger partial charge on any atom is -0.489 e. The lowest BCUT2D eigenvalue weighted by Crippen LogP contribution is -2.51. The van der Waals surface area contributed by atoms with Crippen LogP contribution in [0.5, 0.6) is 5.75 Å². The number of carbonyl (C=O) groups excluding carboxylic acids is 3. The van der Waals surface area contributed by atoms with E-state index in [2.05, 4.69) is 0 Å². The smallest absolute Gasteiger partial charge is 0.435 e. The van der Waals surface area contributed by atoms with Gasteiger partial charge in [-0.2, -0.15) is 5.06 Å². The maximum absolute atomic E-state index is 13.0. The van der Waals surface area contributed by atoms with Crippen LogP contribution in [0.15, 0.2) is 60.7 Å². The van der Waals surface area contributed by atoms with E-state index in [0.29, 0.717) is 24.2 Å². The number of hydrogen-bond donors (Lipinski definition) is 0. The summed E-state index contributed by atoms with van der Waals surface area (Å²) in [5, 5.41) is 1.01. The van der Waals surface area contributed by atoms with Crippen molar-refractivity contribution in [2.45, 2.75) is 36.9 Å². The summed E-state index contributed by atoms with van der Waals surface area (Å²) in [7, 11) is 0. The molecule has 2 atom stereocenters. The molecule has 1 saturated carbocycles. The summed E-state index contributed by atoms with van der Waals surface area (Å²) < 4.78 is 11.6. The van der Waals surface area contributed by atoms with Gasteiger partial charge in [-0.25, -0.2) is 4.79 Å². The van der Waals surface area contributed by atoms with Gasteiger partial charge in [-0.15, -0.1) is 0 Å². The molecule has 2 aromatic rings. The molecule has 5 rings (SSSR count). The molecule has 8 heteroatoms. The monoisotopic (exact) mass is 436 g/mol. The predicted octanol–water partition coefficient (Wildman–Crippen LogP) is 2.83. The van der Waals surface area contributed by atoms with Gasteiger partial charge in [0.2, 0.25) is 0 Å². The third-order valence-corrected chi connectivity index (χ3v) is 6.33. The minimum absolute atomic E-state index is 0.0571. The fourth-order valence-corrected chi connectivity index (χ4v) is 4.41. The Labute approximate surface area is 185 Å². The average Bonchev–Trinajstić information content (AvgIpc) is 3.38. The third kappa shape index (κ3) is 3.71. The number of likely N-dealkylation sites (tertiary alicyclic amines) is 1. The Morgan fingerprint density at radius 3 is 2.38 bits per heavy atom. The maximum Gasteiger partial charge on any atom is 0.435 e. The van der Waals surface area contributed by atoms with E-state index in [1.165, 1.54) is 4.90 Å². The van der Waals surface area contributed by atoms with Gasteiger partial charge in [0.05, 0.1) is 19.2 Å². The molecule has 1 aliphatic carbocycles. The topological polar surface area (TPSA) is 85.4 Å². The van der Waals surface area contributed by atoms with Crippen LogP contribution in [0.3, 0.4) is 0 Å². The first-order valence-electron chi connectivity index (χ1n) is 10.8. The second kappa shape index (κ2) is 8.27. The normalized spacial score (nSPS) is 23.4. The fraction of sp³-hybridized carbons (Fsp3) is 0.375. The Morgan fingerprint density at radius 1 is 1.03 bits per heavy atom. The van der Waals surface area contributed by atoms with E-state index in [9.17, 15) is 14.4 Å². The number of hydroxylamine groups is 2. The van der Waals surface area contributed by atoms with Crippen LogP contribution in [-0.4, -0.2) is 65.2 Å². The van der Waals surface area contributed by atoms with Gasteiger partial charge in [-0.3, -0.25) is 14.4 Å². The van der Waals surface area contributed by atoms with Crippen molar-refractivity contribution in [3.8, 4) is 5.75 Å². The third-order valence-electron chi connectivity index (χ3n) is 6.33. The molecule has 32 heavy (non-hydrogen) atoms. The van der Waals surface area contributed by atoms with E-state index in [0.717, 1.165) is 11.5 Å². The Bertz CT molecular complexity index is 1010. The van der Waals surface area contributed by atoms with Crippen molar-refractivity contribution in [3.63, 3.8) is 0 Å². The number of fused-ring (bicyclic) bond motifs is 1. The highest BCUT2D eigenvalue weighted by Gasteiger charge is 2.55. The molecule has 2 heterocycles. The zero-order valence-corrected chi connectivity index (χ0v) is 17.5. The van der Waals surface area contributed by atoms with Crippen LogP contribution in [-0.2, 0) is 14.4 Å². The molecule has 2 amide bonds. The van der Waals surface area contributed by atoms with E-state index in [1.54, 1.807) is 24.3 Å². The van der Waals surface area contributed by atoms with Crippen LogP contribution in [0.4, 0.5) is 4.79 Å². The van der Waals surface area contributed by atoms with Gasteiger partial charge in [0.1, 0.15) is 24.0 Å². The summed E-state index contributed by atoms with van der Waals surface area (Å²) in [6, 6.07) is 16.7. The van der Waals surface area contributed by atoms with E-state index in [4.69, 9.17) is 14.3 Å². The SMILES string of the molecule is O=C1CN(C(=O)c2ccccc2)[C@@H]2CON(C(=O)OC3(COc4ccccc4)CCC3)[C@H]12. The van der Waals surface area contributed by atoms with Crippen molar-refractivity contribution in [2.24, 2.45) is 0 Å². The van der Waals surface area contributed by atoms with Crippen LogP contribution >= 0.6 is 0 Å². The van der Waals surface area contributed by atoms with Crippen LogP contribution in [0.1, 0.15) is 29.6 Å². The standard InChI is InChI=1S/C24H24N2O6/c27-20-14-25(22(28)17-8-3-1-4-9-17)19-15-31-26(21(19)20)23(29)32-24(12-7-13-24)16-30-18-10-5-2-6-11-18/h1-6,8-11,19,21H,7,12-16H2/t19-,21+/m1/s1. The lowest BCUT2D eigenvalue weighted by molar-refractivity contribution is -0.159. The summed E-state index contributed by atoms with van der Waals surface area (Å²) in [6.45, 7) is 0.243. The van der Waals surface area contributed by atoms with Crippen LogP contribution < -0.4 is 4.74 Å². The lowest BCUT2D eigenvalue weighted by Gasteiger charge is -2.41. The van der Waals surface area contributed by atoms with Crippen molar-refractivity contribution in [1.29, 1.82) is 0 Å². The number of amides is 2. The first-order valence-corrected chi connectivity index (χ1v) is 10.8. The Morgan fingerprint density at radius 2 is 1.72 bits per heavy atom. The molecule has 2 saturated heterocycles. The summed E-state index contributed by atoms with van der Waals surface area (Å²) in [4.78, 5) is 45.6. The van der Waals surface area contributed by atoms with Gasteiger partial charge < -0.3 is 14.4 Å². The molecule has 2 aromatic carbocycles. The zero-order valence-electron chi connectivity index (χ0n) is 17.5. The molecule has 2 aliphatic heterocycles. The molecule has 0 unspecified atom stereocenters. The molecule has 3 aliphatic rings. The number of rotatable bonds is 5. The van der Waals surface area contributed by atoms with Crippen molar-refractivity contribution in [1.82, 2.24) is 9.96 Å². The van der Waals surface area contributed by atoms with Gasteiger partial charge >= 0.3 is 6.09 Å². The molecular weight excluding hydrogens is 412 g/mol. The quantitative estimate of drug-likeness (QED) is 0.717. The number of ether oxygens (including phenoxy) is 2. The van der Waals surface area contributed by atoms with Gasteiger partial charge in [0, 0.05) is 5.56 Å². The molecule has 0 aromatic heterocycles. The molecule has 0 spiro atoms. The Hall–Kier alpha value is -3.39. The minimum atomic E-state index is -0.859. The largest absolute Gasteiger partial charge is 0.489 e. The number of ketones is 1. The average molecular weight is 436 g/mol. The molecule has 0 radical (unpaired) electrons.